The number of aromatic hydroxyl groups is 1. The number of aromatic nitrogens is 1. The Hall–Kier alpha value is -1.69. The number of phenols is 1. The zero-order valence-corrected chi connectivity index (χ0v) is 9.98. The van der Waals surface area contributed by atoms with E-state index in [0.717, 1.165) is 0 Å². The number of hydrogen-bond acceptors (Lipinski definition) is 5. The van der Waals surface area contributed by atoms with E-state index in [1.165, 1.54) is 19.2 Å². The second-order valence-electron chi connectivity index (χ2n) is 3.12. The van der Waals surface area contributed by atoms with E-state index in [4.69, 9.17) is 15.0 Å². The third kappa shape index (κ3) is 1.83. The van der Waals surface area contributed by atoms with E-state index in [9.17, 15) is 5.11 Å². The van der Waals surface area contributed by atoms with E-state index in [-0.39, 0.29) is 11.6 Å². The van der Waals surface area contributed by atoms with Crippen LogP contribution in [0.1, 0.15) is 0 Å². The fourth-order valence-corrected chi connectivity index (χ4v) is 1.82. The SMILES string of the molecule is COc1cc(O)c(-c2cc(N)no2)cc1Br. The molecule has 0 aliphatic rings. The van der Waals surface area contributed by atoms with Gasteiger partial charge in [0.1, 0.15) is 11.5 Å². The number of halogens is 1. The molecule has 0 spiro atoms. The predicted molar refractivity (Wildman–Crippen MR) is 62.3 cm³/mol. The molecule has 0 saturated carbocycles. The number of rotatable bonds is 2. The van der Waals surface area contributed by atoms with Gasteiger partial charge in [-0.3, -0.25) is 0 Å². The summed E-state index contributed by atoms with van der Waals surface area (Å²) < 4.78 is 10.7. The first kappa shape index (κ1) is 10.8. The molecule has 3 N–H and O–H groups in total. The summed E-state index contributed by atoms with van der Waals surface area (Å²) in [5.41, 5.74) is 5.93. The Morgan fingerprint density at radius 3 is 2.75 bits per heavy atom. The lowest BCUT2D eigenvalue weighted by Gasteiger charge is -2.06. The van der Waals surface area contributed by atoms with Crippen LogP contribution < -0.4 is 10.5 Å². The first-order chi connectivity index (χ1) is 7.61. The lowest BCUT2D eigenvalue weighted by molar-refractivity contribution is 0.403. The largest absolute Gasteiger partial charge is 0.507 e. The Labute approximate surface area is 99.9 Å². The van der Waals surface area contributed by atoms with Gasteiger partial charge in [0, 0.05) is 12.1 Å². The number of methoxy groups -OCH3 is 1. The molecule has 1 aromatic carbocycles. The minimum absolute atomic E-state index is 0.0381. The van der Waals surface area contributed by atoms with E-state index in [1.54, 1.807) is 6.07 Å². The van der Waals surface area contributed by atoms with Crippen molar-refractivity contribution in [2.45, 2.75) is 0 Å². The smallest absolute Gasteiger partial charge is 0.172 e. The summed E-state index contributed by atoms with van der Waals surface area (Å²) in [6, 6.07) is 4.69. The van der Waals surface area contributed by atoms with Crippen molar-refractivity contribution in [3.05, 3.63) is 22.7 Å². The summed E-state index contributed by atoms with van der Waals surface area (Å²) in [7, 11) is 1.52. The number of hydrogen-bond donors (Lipinski definition) is 2. The number of anilines is 1. The molecule has 16 heavy (non-hydrogen) atoms. The van der Waals surface area contributed by atoms with Gasteiger partial charge in [0.25, 0.3) is 0 Å². The molecule has 0 atom stereocenters. The van der Waals surface area contributed by atoms with Crippen LogP contribution in [0.3, 0.4) is 0 Å². The second-order valence-corrected chi connectivity index (χ2v) is 3.97. The van der Waals surface area contributed by atoms with Gasteiger partial charge in [-0.05, 0) is 22.0 Å². The van der Waals surface area contributed by atoms with E-state index in [1.807, 2.05) is 0 Å². The summed E-state index contributed by atoms with van der Waals surface area (Å²) in [5.74, 6) is 1.24. The maximum absolute atomic E-state index is 9.78. The van der Waals surface area contributed by atoms with Gasteiger partial charge in [-0.25, -0.2) is 0 Å². The average molecular weight is 285 g/mol. The Kier molecular flexibility index (Phi) is 2.74. The van der Waals surface area contributed by atoms with Crippen molar-refractivity contribution >= 4 is 21.7 Å². The van der Waals surface area contributed by atoms with Crippen LogP contribution in [0.2, 0.25) is 0 Å². The second kappa shape index (κ2) is 4.05. The number of benzene rings is 1. The van der Waals surface area contributed by atoms with Gasteiger partial charge in [0.2, 0.25) is 0 Å². The molecule has 5 nitrogen and oxygen atoms in total. The third-order valence-electron chi connectivity index (χ3n) is 2.06. The van der Waals surface area contributed by atoms with Crippen molar-refractivity contribution in [3.63, 3.8) is 0 Å². The van der Waals surface area contributed by atoms with E-state index in [2.05, 4.69) is 21.1 Å². The molecule has 0 amide bonds. The average Bonchev–Trinajstić information content (AvgIpc) is 2.67. The highest BCUT2D eigenvalue weighted by molar-refractivity contribution is 9.10. The molecule has 0 fully saturated rings. The Bertz CT molecular complexity index is 525. The van der Waals surface area contributed by atoms with E-state index >= 15 is 0 Å². The van der Waals surface area contributed by atoms with Crippen LogP contribution in [0.4, 0.5) is 5.82 Å². The molecule has 0 bridgehead atoms. The summed E-state index contributed by atoms with van der Waals surface area (Å²) in [5, 5.41) is 13.3. The number of nitrogen functional groups attached to an aromatic ring is 1. The van der Waals surface area contributed by atoms with Crippen molar-refractivity contribution in [1.82, 2.24) is 5.16 Å². The highest BCUT2D eigenvalue weighted by Crippen LogP contribution is 2.38. The lowest BCUT2D eigenvalue weighted by Crippen LogP contribution is -1.86. The van der Waals surface area contributed by atoms with Gasteiger partial charge >= 0.3 is 0 Å². The molecule has 0 aliphatic carbocycles. The van der Waals surface area contributed by atoms with Crippen molar-refractivity contribution in [3.8, 4) is 22.8 Å². The molecule has 1 aromatic heterocycles. The molecule has 1 heterocycles. The van der Waals surface area contributed by atoms with Gasteiger partial charge < -0.3 is 20.1 Å². The highest BCUT2D eigenvalue weighted by atomic mass is 79.9. The zero-order chi connectivity index (χ0) is 11.7. The molecule has 0 saturated heterocycles. The topological polar surface area (TPSA) is 81.5 Å². The third-order valence-corrected chi connectivity index (χ3v) is 2.68. The zero-order valence-electron chi connectivity index (χ0n) is 8.40. The van der Waals surface area contributed by atoms with Gasteiger partial charge in [0.05, 0.1) is 17.1 Å². The van der Waals surface area contributed by atoms with E-state index < -0.39 is 0 Å². The molecule has 0 radical (unpaired) electrons. The van der Waals surface area contributed by atoms with Crippen molar-refractivity contribution in [1.29, 1.82) is 0 Å². The van der Waals surface area contributed by atoms with Crippen LogP contribution in [0.5, 0.6) is 11.5 Å². The van der Waals surface area contributed by atoms with Crippen LogP contribution in [-0.4, -0.2) is 17.4 Å². The molecule has 2 rings (SSSR count). The molecule has 2 aromatic rings. The molecular weight excluding hydrogens is 276 g/mol. The van der Waals surface area contributed by atoms with Crippen LogP contribution in [0.15, 0.2) is 27.2 Å². The number of nitrogens with zero attached hydrogens (tertiary/aromatic N) is 1. The van der Waals surface area contributed by atoms with Crippen LogP contribution in [-0.2, 0) is 0 Å². The summed E-state index contributed by atoms with van der Waals surface area (Å²) in [6.45, 7) is 0. The Morgan fingerprint density at radius 2 is 2.19 bits per heavy atom. The highest BCUT2D eigenvalue weighted by Gasteiger charge is 2.13. The summed E-state index contributed by atoms with van der Waals surface area (Å²) in [4.78, 5) is 0. The van der Waals surface area contributed by atoms with Crippen molar-refractivity contribution in [2.75, 3.05) is 12.8 Å². The molecule has 6 heteroatoms. The summed E-state index contributed by atoms with van der Waals surface area (Å²) >= 11 is 3.32. The molecule has 84 valence electrons. The van der Waals surface area contributed by atoms with Gasteiger partial charge in [-0.15, -0.1) is 0 Å². The fourth-order valence-electron chi connectivity index (χ4n) is 1.31. The van der Waals surface area contributed by atoms with Crippen molar-refractivity contribution < 1.29 is 14.4 Å². The molecule has 0 aliphatic heterocycles. The number of ether oxygens (including phenoxy) is 1. The van der Waals surface area contributed by atoms with E-state index in [0.29, 0.717) is 21.5 Å². The minimum Gasteiger partial charge on any atom is -0.507 e. The number of phenolic OH excluding ortho intramolecular Hbond substituents is 1. The van der Waals surface area contributed by atoms with Gasteiger partial charge in [-0.2, -0.15) is 0 Å². The van der Waals surface area contributed by atoms with Crippen LogP contribution in [0, 0.1) is 0 Å². The maximum atomic E-state index is 9.78. The van der Waals surface area contributed by atoms with Crippen LogP contribution >= 0.6 is 15.9 Å². The maximum Gasteiger partial charge on any atom is 0.172 e. The monoisotopic (exact) mass is 284 g/mol. The normalized spacial score (nSPS) is 10.4. The van der Waals surface area contributed by atoms with Gasteiger partial charge in [-0.1, -0.05) is 5.16 Å². The first-order valence-electron chi connectivity index (χ1n) is 4.41. The standard InChI is InChI=1S/C10H9BrN2O3/c1-15-9-3-7(14)5(2-6(9)11)8-4-10(12)13-16-8/h2-4,14H,1H3,(H2,12,13). The quantitative estimate of drug-likeness (QED) is 0.885. The van der Waals surface area contributed by atoms with Crippen LogP contribution in [0.25, 0.3) is 11.3 Å². The number of nitrogens with two attached hydrogens (primary N) is 1. The fraction of sp³-hybridized carbons (Fsp3) is 0.100. The Balaban J connectivity index is 2.54. The minimum atomic E-state index is 0.0381. The van der Waals surface area contributed by atoms with Crippen molar-refractivity contribution in [2.24, 2.45) is 0 Å². The first-order valence-corrected chi connectivity index (χ1v) is 5.20. The molecular formula is C10H9BrN2O3. The predicted octanol–water partition coefficient (Wildman–Crippen LogP) is 2.40. The Morgan fingerprint density at radius 1 is 1.44 bits per heavy atom. The van der Waals surface area contributed by atoms with Gasteiger partial charge in [0.15, 0.2) is 11.6 Å². The molecule has 0 unspecified atom stereocenters. The lowest BCUT2D eigenvalue weighted by atomic mass is 10.1. The summed E-state index contributed by atoms with van der Waals surface area (Å²) in [6.07, 6.45) is 0.